The normalized spacial score (nSPS) is 48.9. The van der Waals surface area contributed by atoms with Crippen LogP contribution in [0.25, 0.3) is 0 Å². The van der Waals surface area contributed by atoms with Gasteiger partial charge in [0.1, 0.15) is 0 Å². The van der Waals surface area contributed by atoms with Gasteiger partial charge in [-0.2, -0.15) is 5.26 Å². The molecule has 0 aliphatic heterocycles. The first-order valence-electron chi connectivity index (χ1n) is 7.63. The number of nitriles is 1. The van der Waals surface area contributed by atoms with Gasteiger partial charge in [-0.25, -0.2) is 0 Å². The highest BCUT2D eigenvalue weighted by atomic mass is 35.5. The summed E-state index contributed by atoms with van der Waals surface area (Å²) in [5, 5.41) is 10.2. The third-order valence-corrected chi connectivity index (χ3v) is 6.47. The van der Waals surface area contributed by atoms with Gasteiger partial charge in [-0.3, -0.25) is 0 Å². The number of hydrogen-bond donors (Lipinski definition) is 0. The summed E-state index contributed by atoms with van der Waals surface area (Å²) in [5.41, 5.74) is 1.88. The molecule has 1 nitrogen and oxygen atoms in total. The van der Waals surface area contributed by atoms with Crippen LogP contribution < -0.4 is 0 Å². The summed E-state index contributed by atoms with van der Waals surface area (Å²) in [5.74, 6) is 0.830. The summed E-state index contributed by atoms with van der Waals surface area (Å²) in [4.78, 5) is 0. The Hall–Kier alpha value is -0.480. The maximum absolute atomic E-state index is 9.33. The summed E-state index contributed by atoms with van der Waals surface area (Å²) in [6, 6.07) is 2.35. The summed E-state index contributed by atoms with van der Waals surface area (Å²) < 4.78 is 0. The highest BCUT2D eigenvalue weighted by molar-refractivity contribution is 6.31. The molecule has 2 atom stereocenters. The van der Waals surface area contributed by atoms with Crippen molar-refractivity contribution in [2.45, 2.75) is 65.7 Å². The summed E-state index contributed by atoms with van der Waals surface area (Å²) in [7, 11) is 0. The van der Waals surface area contributed by atoms with Crippen molar-refractivity contribution in [2.75, 3.05) is 0 Å². The summed E-state index contributed by atoms with van der Waals surface area (Å²) in [6.45, 7) is 6.95. The van der Waals surface area contributed by atoms with Crippen LogP contribution in [0.15, 0.2) is 10.6 Å². The van der Waals surface area contributed by atoms with Gasteiger partial charge in [-0.15, -0.1) is 0 Å². The molecule has 4 saturated carbocycles. The molecule has 4 aliphatic carbocycles. The van der Waals surface area contributed by atoms with Crippen LogP contribution in [0, 0.1) is 33.5 Å². The zero-order chi connectivity index (χ0) is 13.9. The van der Waals surface area contributed by atoms with E-state index in [1.165, 1.54) is 38.5 Å². The van der Waals surface area contributed by atoms with E-state index in [0.29, 0.717) is 10.8 Å². The fourth-order valence-electron chi connectivity index (χ4n) is 6.30. The van der Waals surface area contributed by atoms with Crippen molar-refractivity contribution in [2.24, 2.45) is 22.2 Å². The van der Waals surface area contributed by atoms with Gasteiger partial charge in [-0.1, -0.05) is 32.4 Å². The topological polar surface area (TPSA) is 23.8 Å². The number of allylic oxidation sites excluding steroid dienone is 2. The van der Waals surface area contributed by atoms with Gasteiger partial charge >= 0.3 is 0 Å². The Morgan fingerprint density at radius 3 is 2.16 bits per heavy atom. The lowest BCUT2D eigenvalue weighted by atomic mass is 9.40. The van der Waals surface area contributed by atoms with E-state index in [-0.39, 0.29) is 5.41 Å². The van der Waals surface area contributed by atoms with Gasteiger partial charge in [0.25, 0.3) is 0 Å². The molecule has 2 heteroatoms. The Balaban J connectivity index is 2.06. The van der Waals surface area contributed by atoms with E-state index in [9.17, 15) is 5.26 Å². The molecule has 0 heterocycles. The van der Waals surface area contributed by atoms with Gasteiger partial charge in [0, 0.05) is 16.0 Å². The standard InChI is InChI=1S/C17H24ClN/c1-4-13(8-19)14(18)17-7-12-5-15(2,10-17)9-16(3,6-12)11-17/h12H,4-7,9-11H2,1-3H3. The van der Waals surface area contributed by atoms with E-state index < -0.39 is 0 Å². The zero-order valence-corrected chi connectivity index (χ0v) is 13.1. The molecule has 0 amide bonds. The second kappa shape index (κ2) is 4.01. The van der Waals surface area contributed by atoms with Crippen LogP contribution in [0.4, 0.5) is 0 Å². The Labute approximate surface area is 122 Å². The average Bonchev–Trinajstić information content (AvgIpc) is 2.25. The molecule has 4 aliphatic rings. The first-order valence-corrected chi connectivity index (χ1v) is 8.01. The van der Waals surface area contributed by atoms with E-state index in [2.05, 4.69) is 19.9 Å². The van der Waals surface area contributed by atoms with E-state index in [0.717, 1.165) is 22.9 Å². The average molecular weight is 278 g/mol. The molecule has 0 spiro atoms. The third-order valence-electron chi connectivity index (χ3n) is 5.85. The number of nitrogens with zero attached hydrogens (tertiary/aromatic N) is 1. The Kier molecular flexibility index (Phi) is 2.85. The lowest BCUT2D eigenvalue weighted by Gasteiger charge is -2.65. The van der Waals surface area contributed by atoms with Crippen molar-refractivity contribution in [1.82, 2.24) is 0 Å². The maximum Gasteiger partial charge on any atom is 0.0959 e. The second-order valence-corrected chi connectivity index (χ2v) is 8.55. The first kappa shape index (κ1) is 13.5. The molecule has 0 aromatic carbocycles. The molecule has 0 radical (unpaired) electrons. The molecule has 4 bridgehead atoms. The van der Waals surface area contributed by atoms with Crippen molar-refractivity contribution in [3.63, 3.8) is 0 Å². The molecule has 0 N–H and O–H groups in total. The fourth-order valence-corrected chi connectivity index (χ4v) is 6.68. The van der Waals surface area contributed by atoms with Crippen molar-refractivity contribution >= 4 is 11.6 Å². The van der Waals surface area contributed by atoms with Crippen LogP contribution in [-0.2, 0) is 0 Å². The minimum absolute atomic E-state index is 0.131. The van der Waals surface area contributed by atoms with Crippen LogP contribution >= 0.6 is 11.6 Å². The Morgan fingerprint density at radius 2 is 1.74 bits per heavy atom. The zero-order valence-electron chi connectivity index (χ0n) is 12.4. The van der Waals surface area contributed by atoms with Crippen LogP contribution in [0.5, 0.6) is 0 Å². The van der Waals surface area contributed by atoms with Crippen LogP contribution in [0.1, 0.15) is 65.7 Å². The van der Waals surface area contributed by atoms with Crippen LogP contribution in [-0.4, -0.2) is 0 Å². The Morgan fingerprint density at radius 1 is 1.16 bits per heavy atom. The van der Waals surface area contributed by atoms with Crippen molar-refractivity contribution in [1.29, 1.82) is 5.26 Å². The van der Waals surface area contributed by atoms with Crippen molar-refractivity contribution < 1.29 is 0 Å². The molecule has 19 heavy (non-hydrogen) atoms. The Bertz CT molecular complexity index is 466. The number of rotatable bonds is 2. The van der Waals surface area contributed by atoms with Crippen molar-refractivity contribution in [3.05, 3.63) is 10.6 Å². The quantitative estimate of drug-likeness (QED) is 0.619. The molecular weight excluding hydrogens is 254 g/mol. The fraction of sp³-hybridized carbons (Fsp3) is 0.824. The molecule has 2 unspecified atom stereocenters. The maximum atomic E-state index is 9.33. The highest BCUT2D eigenvalue weighted by Crippen LogP contribution is 2.72. The number of halogens is 1. The van der Waals surface area contributed by atoms with Gasteiger partial charge in [0.05, 0.1) is 6.07 Å². The molecular formula is C17H24ClN. The van der Waals surface area contributed by atoms with Gasteiger partial charge < -0.3 is 0 Å². The van der Waals surface area contributed by atoms with Crippen LogP contribution in [0.3, 0.4) is 0 Å². The summed E-state index contributed by atoms with van der Waals surface area (Å²) in [6.07, 6.45) is 8.52. The second-order valence-electron chi connectivity index (χ2n) is 8.17. The molecule has 0 aromatic heterocycles. The lowest BCUT2D eigenvalue weighted by molar-refractivity contribution is -0.126. The van der Waals surface area contributed by atoms with Gasteiger partial charge in [0.2, 0.25) is 0 Å². The number of hydrogen-bond acceptors (Lipinski definition) is 1. The predicted molar refractivity (Wildman–Crippen MR) is 78.6 cm³/mol. The largest absolute Gasteiger partial charge is 0.193 e. The van der Waals surface area contributed by atoms with E-state index in [4.69, 9.17) is 11.6 Å². The lowest BCUT2D eigenvalue weighted by Crippen LogP contribution is -2.55. The van der Waals surface area contributed by atoms with E-state index in [1.54, 1.807) is 0 Å². The van der Waals surface area contributed by atoms with E-state index >= 15 is 0 Å². The summed E-state index contributed by atoms with van der Waals surface area (Å²) >= 11 is 6.75. The SMILES string of the molecule is CCC(C#N)=C(Cl)C12CC3CC(C)(CC(C)(C3)C1)C2. The van der Waals surface area contributed by atoms with Gasteiger partial charge in [0.15, 0.2) is 0 Å². The smallest absolute Gasteiger partial charge is 0.0959 e. The van der Waals surface area contributed by atoms with E-state index in [1.807, 2.05) is 6.92 Å². The van der Waals surface area contributed by atoms with Gasteiger partial charge in [-0.05, 0) is 61.7 Å². The predicted octanol–water partition coefficient (Wildman–Crippen LogP) is 5.41. The monoisotopic (exact) mass is 277 g/mol. The molecule has 0 saturated heterocycles. The van der Waals surface area contributed by atoms with Crippen LogP contribution in [0.2, 0.25) is 0 Å². The third kappa shape index (κ3) is 1.95. The molecule has 104 valence electrons. The molecule has 4 fully saturated rings. The highest BCUT2D eigenvalue weighted by Gasteiger charge is 2.61. The minimum atomic E-state index is 0.131. The molecule has 0 aromatic rings. The first-order chi connectivity index (χ1) is 8.84. The minimum Gasteiger partial charge on any atom is -0.193 e. The van der Waals surface area contributed by atoms with Crippen molar-refractivity contribution in [3.8, 4) is 6.07 Å². The molecule has 4 rings (SSSR count).